The van der Waals surface area contributed by atoms with E-state index in [-0.39, 0.29) is 18.2 Å². The summed E-state index contributed by atoms with van der Waals surface area (Å²) in [5.41, 5.74) is 2.33. The van der Waals surface area contributed by atoms with Crippen LogP contribution in [0.15, 0.2) is 35.7 Å². The molecule has 1 atom stereocenters. The molecule has 0 radical (unpaired) electrons. The first-order valence-electron chi connectivity index (χ1n) is 10.9. The van der Waals surface area contributed by atoms with Gasteiger partial charge in [-0.2, -0.15) is 0 Å². The van der Waals surface area contributed by atoms with E-state index >= 15 is 0 Å². The Bertz CT molecular complexity index is 1040. The van der Waals surface area contributed by atoms with Gasteiger partial charge in [-0.05, 0) is 48.4 Å². The van der Waals surface area contributed by atoms with E-state index in [9.17, 15) is 9.59 Å². The Morgan fingerprint density at radius 2 is 1.94 bits per heavy atom. The predicted molar refractivity (Wildman–Crippen MR) is 125 cm³/mol. The maximum Gasteiger partial charge on any atom is 0.305 e. The number of rotatable bonds is 10. The van der Waals surface area contributed by atoms with Gasteiger partial charge in [0.1, 0.15) is 5.82 Å². The maximum atomic E-state index is 12.8. The second-order valence-electron chi connectivity index (χ2n) is 8.25. The molecule has 0 aliphatic heterocycles. The first kappa shape index (κ1) is 23.0. The van der Waals surface area contributed by atoms with Crippen LogP contribution >= 0.6 is 11.3 Å². The minimum atomic E-state index is -0.920. The van der Waals surface area contributed by atoms with Gasteiger partial charge in [-0.3, -0.25) is 9.59 Å². The van der Waals surface area contributed by atoms with Crippen molar-refractivity contribution in [2.75, 3.05) is 0 Å². The van der Waals surface area contributed by atoms with Crippen LogP contribution in [0.5, 0.6) is 0 Å². The normalized spacial score (nSPS) is 12.6. The number of nitrogens with zero attached hydrogens (tertiary/aromatic N) is 2. The van der Waals surface area contributed by atoms with E-state index in [1.165, 1.54) is 4.88 Å². The topological polar surface area (TPSA) is 84.2 Å². The van der Waals surface area contributed by atoms with E-state index in [1.807, 2.05) is 32.0 Å². The molecule has 2 aromatic heterocycles. The minimum absolute atomic E-state index is 0.0234. The summed E-state index contributed by atoms with van der Waals surface area (Å²) in [6.45, 7) is 8.19. The molecule has 2 heterocycles. The Kier molecular flexibility index (Phi) is 7.49. The number of aromatic nitrogens is 2. The number of carbonyl (C=O) groups excluding carboxylic acids is 1. The van der Waals surface area contributed by atoms with Gasteiger partial charge in [-0.15, -0.1) is 11.3 Å². The Morgan fingerprint density at radius 3 is 2.52 bits per heavy atom. The smallest absolute Gasteiger partial charge is 0.305 e. The van der Waals surface area contributed by atoms with Crippen molar-refractivity contribution >= 4 is 34.2 Å². The number of aliphatic carboxylic acids is 1. The number of fused-ring (bicyclic) bond motifs is 1. The zero-order valence-corrected chi connectivity index (χ0v) is 19.4. The lowest BCUT2D eigenvalue weighted by Gasteiger charge is -2.21. The molecular weight excluding hydrogens is 410 g/mol. The lowest BCUT2D eigenvalue weighted by Crippen LogP contribution is -2.40. The fraction of sp³-hybridized carbons (Fsp3) is 0.458. The van der Waals surface area contributed by atoms with Crippen molar-refractivity contribution in [3.8, 4) is 0 Å². The number of imidazole rings is 1. The van der Waals surface area contributed by atoms with Gasteiger partial charge in [-0.25, -0.2) is 4.98 Å². The van der Waals surface area contributed by atoms with Crippen LogP contribution in [0.4, 0.5) is 0 Å². The standard InChI is InChI=1S/C24H31N3O3S/c1-5-17(6-2)27-21-10-9-16(24(30)26-19(15(3)4)14-23(28)29)12-20(21)25-22(27)13-18-8-7-11-31-18/h7-12,15,17,19H,5-6,13-14H2,1-4H3,(H,26,30)(H,28,29). The van der Waals surface area contributed by atoms with Crippen LogP contribution in [0.25, 0.3) is 11.0 Å². The number of hydrogen-bond donors (Lipinski definition) is 2. The summed E-state index contributed by atoms with van der Waals surface area (Å²) in [5, 5.41) is 14.1. The molecule has 0 fully saturated rings. The Morgan fingerprint density at radius 1 is 1.19 bits per heavy atom. The quantitative estimate of drug-likeness (QED) is 0.448. The first-order valence-corrected chi connectivity index (χ1v) is 11.8. The van der Waals surface area contributed by atoms with Crippen molar-refractivity contribution in [2.45, 2.75) is 65.5 Å². The summed E-state index contributed by atoms with van der Waals surface area (Å²) in [7, 11) is 0. The Labute approximate surface area is 187 Å². The number of thiophene rings is 1. The number of carboxylic acid groups (broad SMARTS) is 1. The number of carbonyl (C=O) groups is 2. The average molecular weight is 442 g/mol. The molecule has 1 unspecified atom stereocenters. The molecule has 166 valence electrons. The van der Waals surface area contributed by atoms with Crippen LogP contribution in [-0.4, -0.2) is 32.6 Å². The highest BCUT2D eigenvalue weighted by Crippen LogP contribution is 2.28. The second kappa shape index (κ2) is 10.1. The fourth-order valence-electron chi connectivity index (χ4n) is 3.94. The molecule has 2 N–H and O–H groups in total. The van der Waals surface area contributed by atoms with Crippen molar-refractivity contribution in [2.24, 2.45) is 5.92 Å². The molecule has 0 saturated heterocycles. The summed E-state index contributed by atoms with van der Waals surface area (Å²) in [5.74, 6) is -0.153. The highest BCUT2D eigenvalue weighted by atomic mass is 32.1. The van der Waals surface area contributed by atoms with Gasteiger partial charge in [0.05, 0.1) is 17.5 Å². The van der Waals surface area contributed by atoms with Crippen molar-refractivity contribution in [1.29, 1.82) is 0 Å². The highest BCUT2D eigenvalue weighted by Gasteiger charge is 2.22. The van der Waals surface area contributed by atoms with Crippen LogP contribution in [-0.2, 0) is 11.2 Å². The van der Waals surface area contributed by atoms with E-state index in [2.05, 4.69) is 41.2 Å². The number of hydrogen-bond acceptors (Lipinski definition) is 4. The zero-order chi connectivity index (χ0) is 22.5. The molecule has 7 heteroatoms. The molecular formula is C24H31N3O3S. The molecule has 3 aromatic rings. The van der Waals surface area contributed by atoms with Crippen LogP contribution in [0, 0.1) is 5.92 Å². The summed E-state index contributed by atoms with van der Waals surface area (Å²) in [4.78, 5) is 30.1. The molecule has 1 aromatic carbocycles. The van der Waals surface area contributed by atoms with Gasteiger partial charge in [0.15, 0.2) is 0 Å². The van der Waals surface area contributed by atoms with Crippen molar-refractivity contribution in [1.82, 2.24) is 14.9 Å². The molecule has 31 heavy (non-hydrogen) atoms. The van der Waals surface area contributed by atoms with Crippen molar-refractivity contribution in [3.05, 3.63) is 52.0 Å². The van der Waals surface area contributed by atoms with Gasteiger partial charge in [-0.1, -0.05) is 33.8 Å². The average Bonchev–Trinajstić information content (AvgIpc) is 3.36. The summed E-state index contributed by atoms with van der Waals surface area (Å²) < 4.78 is 2.32. The lowest BCUT2D eigenvalue weighted by molar-refractivity contribution is -0.137. The molecule has 0 aliphatic carbocycles. The minimum Gasteiger partial charge on any atom is -0.481 e. The van der Waals surface area contributed by atoms with Crippen molar-refractivity contribution < 1.29 is 14.7 Å². The number of nitrogens with one attached hydrogen (secondary N) is 1. The van der Waals surface area contributed by atoms with Gasteiger partial charge in [0.25, 0.3) is 5.91 Å². The van der Waals surface area contributed by atoms with Crippen LogP contribution in [0.2, 0.25) is 0 Å². The number of carboxylic acids is 1. The molecule has 0 aliphatic rings. The highest BCUT2D eigenvalue weighted by molar-refractivity contribution is 7.09. The number of amides is 1. The summed E-state index contributed by atoms with van der Waals surface area (Å²) in [6, 6.07) is 9.70. The van der Waals surface area contributed by atoms with E-state index in [0.29, 0.717) is 11.6 Å². The Balaban J connectivity index is 1.96. The monoisotopic (exact) mass is 441 g/mol. The Hall–Kier alpha value is -2.67. The van der Waals surface area contributed by atoms with Gasteiger partial charge < -0.3 is 15.0 Å². The molecule has 1 amide bonds. The number of benzene rings is 1. The second-order valence-corrected chi connectivity index (χ2v) is 9.28. The van der Waals surface area contributed by atoms with E-state index < -0.39 is 12.0 Å². The van der Waals surface area contributed by atoms with Crippen LogP contribution < -0.4 is 5.32 Å². The lowest BCUT2D eigenvalue weighted by atomic mass is 10.0. The third kappa shape index (κ3) is 5.34. The molecule has 0 spiro atoms. The third-order valence-corrected chi connectivity index (χ3v) is 6.64. The van der Waals surface area contributed by atoms with Gasteiger partial charge >= 0.3 is 5.97 Å². The molecule has 0 bridgehead atoms. The SMILES string of the molecule is CCC(CC)n1c(Cc2cccs2)nc2cc(C(=O)NC(CC(=O)O)C(C)C)ccc21. The molecule has 6 nitrogen and oxygen atoms in total. The molecule has 3 rings (SSSR count). The van der Waals surface area contributed by atoms with E-state index in [1.54, 1.807) is 11.3 Å². The zero-order valence-electron chi connectivity index (χ0n) is 18.6. The third-order valence-electron chi connectivity index (χ3n) is 5.76. The van der Waals surface area contributed by atoms with Gasteiger partial charge in [0.2, 0.25) is 0 Å². The van der Waals surface area contributed by atoms with Crippen LogP contribution in [0.1, 0.15) is 74.1 Å². The van der Waals surface area contributed by atoms with E-state index in [0.717, 1.165) is 36.1 Å². The van der Waals surface area contributed by atoms with Crippen LogP contribution in [0.3, 0.4) is 0 Å². The van der Waals surface area contributed by atoms with Crippen molar-refractivity contribution in [3.63, 3.8) is 0 Å². The van der Waals surface area contributed by atoms with Gasteiger partial charge in [0, 0.05) is 28.9 Å². The fourth-order valence-corrected chi connectivity index (χ4v) is 4.64. The molecule has 0 saturated carbocycles. The first-order chi connectivity index (χ1) is 14.8. The summed E-state index contributed by atoms with van der Waals surface area (Å²) in [6.07, 6.45) is 2.68. The maximum absolute atomic E-state index is 12.8. The summed E-state index contributed by atoms with van der Waals surface area (Å²) >= 11 is 1.72. The predicted octanol–water partition coefficient (Wildman–Crippen LogP) is 5.28. The largest absolute Gasteiger partial charge is 0.481 e. The van der Waals surface area contributed by atoms with E-state index in [4.69, 9.17) is 10.1 Å².